The molecule has 2 aliphatic heterocycles. The van der Waals surface area contributed by atoms with E-state index in [-0.39, 0.29) is 38.3 Å². The second-order valence-electron chi connectivity index (χ2n) is 8.75. The number of guanidine groups is 1. The first kappa shape index (κ1) is 30.3. The molecule has 3 rings (SSSR count). The van der Waals surface area contributed by atoms with E-state index in [0.29, 0.717) is 11.7 Å². The van der Waals surface area contributed by atoms with Gasteiger partial charge in [0.1, 0.15) is 0 Å². The number of thioether (sulfide) groups is 1. The van der Waals surface area contributed by atoms with Crippen LogP contribution in [-0.4, -0.2) is 92.0 Å². The van der Waals surface area contributed by atoms with Gasteiger partial charge in [-0.05, 0) is 25.7 Å². The Morgan fingerprint density at radius 2 is 2.05 bits per heavy atom. The second-order valence-corrected chi connectivity index (χ2v) is 11.7. The number of oxime groups is 1. The van der Waals surface area contributed by atoms with E-state index >= 15 is 0 Å². The number of hydrogen-bond donors (Lipinski definition) is 5. The van der Waals surface area contributed by atoms with E-state index < -0.39 is 18.8 Å². The molecule has 1 saturated carbocycles. The summed E-state index contributed by atoms with van der Waals surface area (Å²) >= 11 is 6.07. The zero-order valence-corrected chi connectivity index (χ0v) is 25.6. The van der Waals surface area contributed by atoms with Crippen LogP contribution in [0.25, 0.3) is 0 Å². The van der Waals surface area contributed by atoms with Gasteiger partial charge < -0.3 is 11.5 Å². The third kappa shape index (κ3) is 7.42. The van der Waals surface area contributed by atoms with Gasteiger partial charge in [-0.15, -0.1) is 0 Å². The van der Waals surface area contributed by atoms with Crippen molar-refractivity contribution in [1.82, 2.24) is 15.2 Å². The Labute approximate surface area is 240 Å². The minimum absolute atomic E-state index is 0.100. The molecule has 1 aliphatic carbocycles. The van der Waals surface area contributed by atoms with Crippen LogP contribution in [0.15, 0.2) is 31.5 Å². The normalized spacial score (nSPS) is 26.7. The molecule has 38 heavy (non-hydrogen) atoms. The number of hydrogen-bond acceptors (Lipinski definition) is 9. The van der Waals surface area contributed by atoms with Crippen molar-refractivity contribution in [2.45, 2.75) is 56.1 Å². The molecule has 3 aliphatic rings. The van der Waals surface area contributed by atoms with E-state index in [1.165, 1.54) is 16.8 Å². The number of thiol groups is 1. The first-order valence-electron chi connectivity index (χ1n) is 11.7. The monoisotopic (exact) mass is 738 g/mol. The molecule has 7 N–H and O–H groups in total. The number of nitrogens with zero attached hydrogens (tertiary/aromatic N) is 6. The number of nitrogens with two attached hydrogens (primary N) is 3. The summed E-state index contributed by atoms with van der Waals surface area (Å²) in [5, 5.41) is 11.6. The van der Waals surface area contributed by atoms with E-state index in [9.17, 15) is 14.0 Å². The Kier molecular flexibility index (Phi) is 10.9. The fourth-order valence-corrected chi connectivity index (χ4v) is 6.65. The Balaban J connectivity index is 1.64. The van der Waals surface area contributed by atoms with Crippen LogP contribution in [0.5, 0.6) is 0 Å². The maximum absolute atomic E-state index is 12.9. The van der Waals surface area contributed by atoms with E-state index in [4.69, 9.17) is 17.2 Å². The van der Waals surface area contributed by atoms with E-state index in [2.05, 4.69) is 43.0 Å². The molecule has 13 nitrogen and oxygen atoms in total. The first-order valence-corrected chi connectivity index (χ1v) is 14.6. The van der Waals surface area contributed by atoms with Gasteiger partial charge in [0.15, 0.2) is 0 Å². The number of alkyl halides is 1. The van der Waals surface area contributed by atoms with Crippen molar-refractivity contribution in [3.05, 3.63) is 11.3 Å². The Hall–Kier alpha value is -2.29. The predicted octanol–water partition coefficient (Wildman–Crippen LogP) is -0.617. The average Bonchev–Trinajstić information content (AvgIpc) is 2.87. The van der Waals surface area contributed by atoms with Gasteiger partial charge in [0.2, 0.25) is 5.96 Å². The number of fused-ring (bicyclic) bond motifs is 1. The van der Waals surface area contributed by atoms with Crippen LogP contribution in [0.1, 0.15) is 32.6 Å². The summed E-state index contributed by atoms with van der Waals surface area (Å²) in [6.45, 7) is 0.588. The fourth-order valence-electron chi connectivity index (χ4n) is 4.04. The van der Waals surface area contributed by atoms with Crippen LogP contribution < -0.4 is 22.5 Å². The van der Waals surface area contributed by atoms with Crippen LogP contribution in [0, 0.1) is 0 Å². The number of carbonyl (C=O) groups excluding carboxylic acids is 2. The van der Waals surface area contributed by atoms with E-state index in [0.717, 1.165) is 56.3 Å². The number of nitrogens with one attached hydrogen (secondary N) is 1. The van der Waals surface area contributed by atoms with Crippen molar-refractivity contribution >= 4 is 63.3 Å². The zero-order valence-electron chi connectivity index (χ0n) is 20.9. The van der Waals surface area contributed by atoms with Gasteiger partial charge in [-0.3, -0.25) is 0 Å². The van der Waals surface area contributed by atoms with Gasteiger partial charge >= 0.3 is 174 Å². The topological polar surface area (TPSA) is 189 Å². The molecule has 0 aromatic carbocycles. The second kappa shape index (κ2) is 13.7. The number of halogens is 1. The van der Waals surface area contributed by atoms with Crippen LogP contribution >= 0.6 is 24.4 Å². The molecule has 0 aromatic heterocycles. The summed E-state index contributed by atoms with van der Waals surface area (Å²) < 4.78 is 12.6. The van der Waals surface area contributed by atoms with Crippen molar-refractivity contribution in [2.75, 3.05) is 19.7 Å². The molecule has 0 radical (unpaired) electrons. The number of amides is 2. The Morgan fingerprint density at radius 3 is 2.68 bits per heavy atom. The number of amidine groups is 1. The summed E-state index contributed by atoms with van der Waals surface area (Å²) in [7, 11) is 1.72. The molecule has 2 amide bonds. The third-order valence-electron chi connectivity index (χ3n) is 6.18. The number of hydrazone groups is 1. The van der Waals surface area contributed by atoms with Crippen LogP contribution in [0.4, 0.5) is 4.39 Å². The van der Waals surface area contributed by atoms with Gasteiger partial charge in [0, 0.05) is 13.1 Å². The molecule has 17 heteroatoms. The van der Waals surface area contributed by atoms with E-state index in [1.54, 1.807) is 18.2 Å². The fraction of sp³-hybridized carbons (Fsp3) is 0.571. The summed E-state index contributed by atoms with van der Waals surface area (Å²) in [5.74, 6) is -0.151. The van der Waals surface area contributed by atoms with Gasteiger partial charge in [0.05, 0.1) is 6.04 Å². The van der Waals surface area contributed by atoms with Gasteiger partial charge in [-0.25, -0.2) is 4.99 Å². The maximum atomic E-state index is 12.9. The predicted molar refractivity (Wildman–Crippen MR) is 146 cm³/mol. The third-order valence-corrected chi connectivity index (χ3v) is 8.60. The number of allylic oxidation sites excluding steroid dienone is 1. The quantitative estimate of drug-likeness (QED) is 0.0681. The zero-order chi connectivity index (χ0) is 28.0. The van der Waals surface area contributed by atoms with Crippen LogP contribution in [0.3, 0.4) is 0 Å². The van der Waals surface area contributed by atoms with Crippen molar-refractivity contribution in [2.24, 2.45) is 37.4 Å². The molecule has 1 unspecified atom stereocenters. The van der Waals surface area contributed by atoms with E-state index in [1.807, 2.05) is 6.92 Å². The van der Waals surface area contributed by atoms with Crippen molar-refractivity contribution in [3.8, 4) is 0 Å². The van der Waals surface area contributed by atoms with Crippen molar-refractivity contribution in [3.63, 3.8) is 0 Å². The van der Waals surface area contributed by atoms with Gasteiger partial charge in [0.25, 0.3) is 0 Å². The molecule has 1 saturated heterocycles. The molecule has 0 bridgehead atoms. The molecule has 0 aromatic rings. The van der Waals surface area contributed by atoms with Crippen molar-refractivity contribution in [1.29, 1.82) is 0 Å². The van der Waals surface area contributed by atoms with Crippen LogP contribution in [0.2, 0.25) is 0 Å². The van der Waals surface area contributed by atoms with Crippen LogP contribution in [-0.2, 0) is 33.8 Å². The Bertz CT molecular complexity index is 1100. The molecular formula is C21H31FN10O3S2W. The van der Waals surface area contributed by atoms with Crippen molar-refractivity contribution < 1.29 is 38.2 Å². The van der Waals surface area contributed by atoms with Gasteiger partial charge in [-0.1, -0.05) is 0 Å². The molecule has 0 spiro atoms. The SMILES string of the molecule is CC1=C(/C=N/N(C)C(N)=NC2CCC(N)CC2)CSC2[C@H](NC(=O)/C(=N\OCF)[C](=[W])N=C(N)S)C(=O)N12. The molecule has 2 heterocycles. The summed E-state index contributed by atoms with van der Waals surface area (Å²) in [6, 6.07) is -0.423. The summed E-state index contributed by atoms with van der Waals surface area (Å²) in [4.78, 5) is 40.2. The molecule has 2 atom stereocenters. The first-order chi connectivity index (χ1) is 18.0. The Morgan fingerprint density at radius 1 is 1.37 bits per heavy atom. The molecular weight excluding hydrogens is 707 g/mol. The number of aliphatic imine (C=N–C) groups is 2. The molecule has 208 valence electrons. The number of carbonyl (C=O) groups is 2. The molecule has 2 fully saturated rings. The minimum atomic E-state index is -1.23. The summed E-state index contributed by atoms with van der Waals surface area (Å²) in [6.07, 6.45) is 5.34. The standard InChI is InChI=1S/C21H31FN10O3S2.W/c1-11-12(7-27-31(2)20(24)28-14-5-3-13(23)4-6-14)9-37-19-16(18(34)32(11)19)29-17(33)15(30-35-10-22)8-26-21(25)36;/h7,13-14,16,19,36H,3-6,9-10,23,25H2,1-2H3,(H2,24,28)(H,29,33);/b27-7+,30-15-;/t13?,14?,16-,19?;/m1./s1. The average molecular weight is 739 g/mol. The number of β-lactam (4-membered cyclic amide) rings is 1. The van der Waals surface area contributed by atoms with Gasteiger partial charge in [-0.2, -0.15) is 0 Å². The summed E-state index contributed by atoms with van der Waals surface area (Å²) in [5.41, 5.74) is 18.8. The number of rotatable bonds is 9.